The van der Waals surface area contributed by atoms with Gasteiger partial charge in [0.25, 0.3) is 0 Å². The lowest BCUT2D eigenvalue weighted by Crippen LogP contribution is -2.49. The van der Waals surface area contributed by atoms with Crippen LogP contribution in [0, 0.1) is 0 Å². The Morgan fingerprint density at radius 1 is 1.25 bits per heavy atom. The zero-order valence-corrected chi connectivity index (χ0v) is 10.1. The Morgan fingerprint density at radius 3 is 2.38 bits per heavy atom. The number of carbonyl (C=O) groups excluding carboxylic acids is 1. The van der Waals surface area contributed by atoms with E-state index in [1.165, 1.54) is 0 Å². The summed E-state index contributed by atoms with van der Waals surface area (Å²) in [7, 11) is 1.84. The van der Waals surface area contributed by atoms with Gasteiger partial charge < -0.3 is 21.1 Å². The summed E-state index contributed by atoms with van der Waals surface area (Å²) in [6, 6.07) is -0.331. The third-order valence-electron chi connectivity index (χ3n) is 1.93. The summed E-state index contributed by atoms with van der Waals surface area (Å²) in [5.74, 6) is -0.930. The Labute approximate surface area is 95.8 Å². The highest BCUT2D eigenvalue weighted by Crippen LogP contribution is 2.07. The summed E-state index contributed by atoms with van der Waals surface area (Å²) in [6.45, 7) is 4.75. The topological polar surface area (TPSA) is 90.5 Å². The van der Waals surface area contributed by atoms with Gasteiger partial charge in [0.2, 0.25) is 0 Å². The SMILES string of the molecule is CNCCCNC(=O)NC(C)(C)CC(=O)O. The summed E-state index contributed by atoms with van der Waals surface area (Å²) in [4.78, 5) is 21.9. The Kier molecular flexibility index (Phi) is 6.48. The maximum Gasteiger partial charge on any atom is 0.315 e. The minimum atomic E-state index is -0.930. The minimum absolute atomic E-state index is 0.100. The summed E-state index contributed by atoms with van der Waals surface area (Å²) in [5, 5.41) is 16.9. The van der Waals surface area contributed by atoms with Crippen LogP contribution in [0.1, 0.15) is 26.7 Å². The summed E-state index contributed by atoms with van der Waals surface area (Å²) < 4.78 is 0. The summed E-state index contributed by atoms with van der Waals surface area (Å²) in [5.41, 5.74) is -0.737. The van der Waals surface area contributed by atoms with Gasteiger partial charge >= 0.3 is 12.0 Å². The number of hydrogen-bond donors (Lipinski definition) is 4. The lowest BCUT2D eigenvalue weighted by molar-refractivity contribution is -0.138. The van der Waals surface area contributed by atoms with Crippen molar-refractivity contribution in [2.75, 3.05) is 20.1 Å². The van der Waals surface area contributed by atoms with Gasteiger partial charge in [-0.3, -0.25) is 4.79 Å². The molecule has 0 heterocycles. The van der Waals surface area contributed by atoms with Crippen LogP contribution in [0.3, 0.4) is 0 Å². The van der Waals surface area contributed by atoms with Crippen molar-refractivity contribution < 1.29 is 14.7 Å². The van der Waals surface area contributed by atoms with Gasteiger partial charge in [-0.1, -0.05) is 0 Å². The average molecular weight is 231 g/mol. The highest BCUT2D eigenvalue weighted by atomic mass is 16.4. The van der Waals surface area contributed by atoms with Gasteiger partial charge in [-0.05, 0) is 33.9 Å². The molecule has 16 heavy (non-hydrogen) atoms. The molecule has 0 saturated carbocycles. The molecule has 0 aromatic rings. The number of carbonyl (C=O) groups is 2. The van der Waals surface area contributed by atoms with Crippen molar-refractivity contribution in [3.63, 3.8) is 0 Å². The Hall–Kier alpha value is -1.30. The molecule has 0 atom stereocenters. The molecule has 6 heteroatoms. The van der Waals surface area contributed by atoms with Crippen LogP contribution in [0.2, 0.25) is 0 Å². The normalized spacial score (nSPS) is 10.9. The molecule has 94 valence electrons. The maximum atomic E-state index is 11.4. The molecule has 0 bridgehead atoms. The highest BCUT2D eigenvalue weighted by Gasteiger charge is 2.23. The number of hydrogen-bond acceptors (Lipinski definition) is 3. The molecule has 0 spiro atoms. The monoisotopic (exact) mass is 231 g/mol. The van der Waals surface area contributed by atoms with Gasteiger partial charge in [0.05, 0.1) is 6.42 Å². The molecular formula is C10H21N3O3. The van der Waals surface area contributed by atoms with E-state index >= 15 is 0 Å². The Morgan fingerprint density at radius 2 is 1.88 bits per heavy atom. The predicted octanol–water partition coefficient (Wildman–Crippen LogP) is 0.148. The van der Waals surface area contributed by atoms with E-state index in [0.717, 1.165) is 13.0 Å². The molecule has 0 rings (SSSR count). The van der Waals surface area contributed by atoms with Crippen LogP contribution in [0.5, 0.6) is 0 Å². The van der Waals surface area contributed by atoms with E-state index < -0.39 is 11.5 Å². The second kappa shape index (κ2) is 7.05. The number of rotatable bonds is 7. The van der Waals surface area contributed by atoms with Crippen molar-refractivity contribution in [2.45, 2.75) is 32.2 Å². The van der Waals surface area contributed by atoms with Gasteiger partial charge in [-0.2, -0.15) is 0 Å². The fraction of sp³-hybridized carbons (Fsp3) is 0.800. The number of urea groups is 1. The van der Waals surface area contributed by atoms with Crippen molar-refractivity contribution in [1.82, 2.24) is 16.0 Å². The number of amides is 2. The average Bonchev–Trinajstić information content (AvgIpc) is 2.09. The second-order valence-corrected chi connectivity index (χ2v) is 4.29. The largest absolute Gasteiger partial charge is 0.481 e. The lowest BCUT2D eigenvalue weighted by atomic mass is 10.0. The number of carboxylic acids is 1. The summed E-state index contributed by atoms with van der Waals surface area (Å²) in [6.07, 6.45) is 0.736. The van der Waals surface area contributed by atoms with Crippen LogP contribution >= 0.6 is 0 Å². The van der Waals surface area contributed by atoms with Crippen molar-refractivity contribution in [3.05, 3.63) is 0 Å². The molecule has 0 aliphatic heterocycles. The maximum absolute atomic E-state index is 11.4. The number of nitrogens with one attached hydrogen (secondary N) is 3. The van der Waals surface area contributed by atoms with Gasteiger partial charge in [0.1, 0.15) is 0 Å². The molecule has 2 amide bonds. The van der Waals surface area contributed by atoms with Gasteiger partial charge in [0.15, 0.2) is 0 Å². The lowest BCUT2D eigenvalue weighted by Gasteiger charge is -2.24. The fourth-order valence-electron chi connectivity index (χ4n) is 1.24. The van der Waals surface area contributed by atoms with Crippen LogP contribution in [0.25, 0.3) is 0 Å². The van der Waals surface area contributed by atoms with E-state index in [4.69, 9.17) is 5.11 Å². The molecule has 0 aliphatic rings. The zero-order valence-electron chi connectivity index (χ0n) is 10.1. The van der Waals surface area contributed by atoms with E-state index in [1.54, 1.807) is 13.8 Å². The predicted molar refractivity (Wildman–Crippen MR) is 61.4 cm³/mol. The van der Waals surface area contributed by atoms with Crippen LogP contribution in [0.15, 0.2) is 0 Å². The van der Waals surface area contributed by atoms with Crippen molar-refractivity contribution in [1.29, 1.82) is 0 Å². The molecule has 0 aromatic heterocycles. The van der Waals surface area contributed by atoms with Crippen LogP contribution in [0.4, 0.5) is 4.79 Å². The van der Waals surface area contributed by atoms with E-state index in [0.29, 0.717) is 6.54 Å². The van der Waals surface area contributed by atoms with Crippen LogP contribution in [-0.2, 0) is 4.79 Å². The molecule has 0 fully saturated rings. The second-order valence-electron chi connectivity index (χ2n) is 4.29. The fourth-order valence-corrected chi connectivity index (χ4v) is 1.24. The first-order valence-electron chi connectivity index (χ1n) is 5.30. The molecule has 0 aromatic carbocycles. The minimum Gasteiger partial charge on any atom is -0.481 e. The Balaban J connectivity index is 3.80. The molecule has 0 unspecified atom stereocenters. The van der Waals surface area contributed by atoms with Gasteiger partial charge in [-0.15, -0.1) is 0 Å². The van der Waals surface area contributed by atoms with E-state index in [1.807, 2.05) is 7.05 Å². The molecule has 0 saturated heterocycles. The third-order valence-corrected chi connectivity index (χ3v) is 1.93. The van der Waals surface area contributed by atoms with E-state index in [9.17, 15) is 9.59 Å². The summed E-state index contributed by atoms with van der Waals surface area (Å²) >= 11 is 0. The number of aliphatic carboxylic acids is 1. The molecule has 0 aliphatic carbocycles. The third kappa shape index (κ3) is 8.05. The Bertz CT molecular complexity index is 241. The first kappa shape index (κ1) is 14.7. The van der Waals surface area contributed by atoms with Crippen LogP contribution < -0.4 is 16.0 Å². The van der Waals surface area contributed by atoms with Gasteiger partial charge in [-0.25, -0.2) is 4.79 Å². The standard InChI is InChI=1S/C10H21N3O3/c1-10(2,7-8(14)15)13-9(16)12-6-4-5-11-3/h11H,4-7H2,1-3H3,(H,14,15)(H2,12,13,16). The zero-order chi connectivity index (χ0) is 12.6. The quantitative estimate of drug-likeness (QED) is 0.469. The molecular weight excluding hydrogens is 210 g/mol. The van der Waals surface area contributed by atoms with Crippen molar-refractivity contribution in [3.8, 4) is 0 Å². The first-order valence-corrected chi connectivity index (χ1v) is 5.30. The highest BCUT2D eigenvalue weighted by molar-refractivity contribution is 5.76. The first-order chi connectivity index (χ1) is 7.37. The molecule has 4 N–H and O–H groups in total. The number of carboxylic acid groups (broad SMARTS) is 1. The molecule has 0 radical (unpaired) electrons. The smallest absolute Gasteiger partial charge is 0.315 e. The molecule has 6 nitrogen and oxygen atoms in total. The van der Waals surface area contributed by atoms with E-state index in [-0.39, 0.29) is 12.5 Å². The van der Waals surface area contributed by atoms with Crippen LogP contribution in [-0.4, -0.2) is 42.8 Å². The van der Waals surface area contributed by atoms with E-state index in [2.05, 4.69) is 16.0 Å². The van der Waals surface area contributed by atoms with Gasteiger partial charge in [0, 0.05) is 12.1 Å². The van der Waals surface area contributed by atoms with Crippen molar-refractivity contribution in [2.24, 2.45) is 0 Å². The van der Waals surface area contributed by atoms with Crippen molar-refractivity contribution >= 4 is 12.0 Å².